The molecule has 3 heteroatoms. The summed E-state index contributed by atoms with van der Waals surface area (Å²) in [6.45, 7) is 9.21. The van der Waals surface area contributed by atoms with Gasteiger partial charge in [-0.1, -0.05) is 26.0 Å². The lowest BCUT2D eigenvalue weighted by molar-refractivity contribution is 0.0681. The Morgan fingerprint density at radius 2 is 1.82 bits per heavy atom. The highest BCUT2D eigenvalue weighted by atomic mass is 127. The Hall–Kier alpha value is -0.580. The molecular formula is C14H20INO. The predicted octanol–water partition coefficient (Wildman–Crippen LogP) is 3.80. The summed E-state index contributed by atoms with van der Waals surface area (Å²) in [5, 5.41) is 0. The van der Waals surface area contributed by atoms with E-state index in [4.69, 9.17) is 0 Å². The van der Waals surface area contributed by atoms with Crippen LogP contribution in [-0.2, 0) is 0 Å². The van der Waals surface area contributed by atoms with Gasteiger partial charge in [0.15, 0.2) is 0 Å². The van der Waals surface area contributed by atoms with Crippen LogP contribution in [0.5, 0.6) is 0 Å². The molecular weight excluding hydrogens is 325 g/mol. The fourth-order valence-electron chi connectivity index (χ4n) is 1.71. The van der Waals surface area contributed by atoms with Crippen LogP contribution in [0.25, 0.3) is 0 Å². The molecule has 0 N–H and O–H groups in total. The molecule has 1 aromatic rings. The standard InChI is InChI=1S/C14H20INO/c1-10(2)9-16(11(3)4)14(17)12-7-5-6-8-13(12)15/h5-8,10-11H,9H2,1-4H3. The highest BCUT2D eigenvalue weighted by molar-refractivity contribution is 14.1. The second-order valence-electron chi connectivity index (χ2n) is 4.92. The topological polar surface area (TPSA) is 20.3 Å². The molecule has 0 aliphatic carbocycles. The maximum Gasteiger partial charge on any atom is 0.255 e. The van der Waals surface area contributed by atoms with E-state index >= 15 is 0 Å². The molecule has 17 heavy (non-hydrogen) atoms. The minimum Gasteiger partial charge on any atom is -0.336 e. The van der Waals surface area contributed by atoms with Crippen molar-refractivity contribution in [3.05, 3.63) is 33.4 Å². The lowest BCUT2D eigenvalue weighted by atomic mass is 10.1. The van der Waals surface area contributed by atoms with Crippen molar-refractivity contribution in [2.45, 2.75) is 33.7 Å². The van der Waals surface area contributed by atoms with Gasteiger partial charge in [-0.3, -0.25) is 4.79 Å². The highest BCUT2D eigenvalue weighted by Gasteiger charge is 2.20. The van der Waals surface area contributed by atoms with Crippen molar-refractivity contribution in [1.29, 1.82) is 0 Å². The van der Waals surface area contributed by atoms with Gasteiger partial charge >= 0.3 is 0 Å². The molecule has 0 aromatic heterocycles. The fourth-order valence-corrected chi connectivity index (χ4v) is 2.33. The zero-order chi connectivity index (χ0) is 13.0. The number of rotatable bonds is 4. The van der Waals surface area contributed by atoms with Gasteiger partial charge < -0.3 is 4.90 Å². The number of hydrogen-bond donors (Lipinski definition) is 0. The Bertz CT molecular complexity index is 388. The second-order valence-corrected chi connectivity index (χ2v) is 6.09. The first kappa shape index (κ1) is 14.5. The Morgan fingerprint density at radius 3 is 2.29 bits per heavy atom. The Labute approximate surface area is 118 Å². The first-order valence-electron chi connectivity index (χ1n) is 5.99. The first-order valence-corrected chi connectivity index (χ1v) is 7.06. The molecule has 0 bridgehead atoms. The Kier molecular flexibility index (Phi) is 5.43. The van der Waals surface area contributed by atoms with Crippen molar-refractivity contribution < 1.29 is 4.79 Å². The molecule has 2 nitrogen and oxygen atoms in total. The maximum atomic E-state index is 12.5. The average Bonchev–Trinajstić information content (AvgIpc) is 2.25. The SMILES string of the molecule is CC(C)CN(C(=O)c1ccccc1I)C(C)C. The van der Waals surface area contributed by atoms with Gasteiger partial charge in [-0.25, -0.2) is 0 Å². The van der Waals surface area contributed by atoms with Crippen molar-refractivity contribution >= 4 is 28.5 Å². The van der Waals surface area contributed by atoms with E-state index < -0.39 is 0 Å². The summed E-state index contributed by atoms with van der Waals surface area (Å²) >= 11 is 2.22. The molecule has 0 aliphatic rings. The van der Waals surface area contributed by atoms with Crippen molar-refractivity contribution in [3.8, 4) is 0 Å². The molecule has 1 rings (SSSR count). The molecule has 1 amide bonds. The molecule has 0 radical (unpaired) electrons. The van der Waals surface area contributed by atoms with E-state index in [-0.39, 0.29) is 11.9 Å². The average molecular weight is 345 g/mol. The Morgan fingerprint density at radius 1 is 1.24 bits per heavy atom. The van der Waals surface area contributed by atoms with Crippen LogP contribution in [0.15, 0.2) is 24.3 Å². The van der Waals surface area contributed by atoms with E-state index in [1.807, 2.05) is 29.2 Å². The molecule has 0 aliphatic heterocycles. The van der Waals surface area contributed by atoms with Crippen molar-refractivity contribution in [1.82, 2.24) is 4.90 Å². The van der Waals surface area contributed by atoms with Gasteiger partial charge in [0.2, 0.25) is 0 Å². The molecule has 0 heterocycles. The van der Waals surface area contributed by atoms with Crippen molar-refractivity contribution in [3.63, 3.8) is 0 Å². The van der Waals surface area contributed by atoms with Crippen molar-refractivity contribution in [2.75, 3.05) is 6.54 Å². The third-order valence-electron chi connectivity index (χ3n) is 2.55. The molecule has 0 fully saturated rings. The van der Waals surface area contributed by atoms with Crippen LogP contribution in [0.2, 0.25) is 0 Å². The van der Waals surface area contributed by atoms with Gasteiger partial charge in [-0.2, -0.15) is 0 Å². The van der Waals surface area contributed by atoms with Gasteiger partial charge in [0.25, 0.3) is 5.91 Å². The predicted molar refractivity (Wildman–Crippen MR) is 80.2 cm³/mol. The van der Waals surface area contributed by atoms with E-state index in [2.05, 4.69) is 50.3 Å². The van der Waals surface area contributed by atoms with Gasteiger partial charge in [-0.05, 0) is 54.5 Å². The van der Waals surface area contributed by atoms with E-state index in [1.165, 1.54) is 0 Å². The minimum absolute atomic E-state index is 0.138. The van der Waals surface area contributed by atoms with E-state index in [0.717, 1.165) is 15.7 Å². The lowest BCUT2D eigenvalue weighted by Gasteiger charge is -2.29. The monoisotopic (exact) mass is 345 g/mol. The van der Waals surface area contributed by atoms with Crippen molar-refractivity contribution in [2.24, 2.45) is 5.92 Å². The summed E-state index contributed by atoms with van der Waals surface area (Å²) in [5.41, 5.74) is 0.808. The number of nitrogens with zero attached hydrogens (tertiary/aromatic N) is 1. The summed E-state index contributed by atoms with van der Waals surface area (Å²) < 4.78 is 1.02. The largest absolute Gasteiger partial charge is 0.336 e. The van der Waals surface area contributed by atoms with Crippen LogP contribution in [0.3, 0.4) is 0 Å². The Balaban J connectivity index is 2.96. The van der Waals surface area contributed by atoms with Crippen LogP contribution in [0.4, 0.5) is 0 Å². The minimum atomic E-state index is 0.138. The highest BCUT2D eigenvalue weighted by Crippen LogP contribution is 2.16. The summed E-state index contributed by atoms with van der Waals surface area (Å²) in [6, 6.07) is 7.99. The van der Waals surface area contributed by atoms with Gasteiger partial charge in [0, 0.05) is 16.2 Å². The number of hydrogen-bond acceptors (Lipinski definition) is 1. The van der Waals surface area contributed by atoms with Crippen LogP contribution < -0.4 is 0 Å². The summed E-state index contributed by atoms with van der Waals surface area (Å²) in [5.74, 6) is 0.626. The van der Waals surface area contributed by atoms with Crippen LogP contribution >= 0.6 is 22.6 Å². The van der Waals surface area contributed by atoms with Gasteiger partial charge in [0.05, 0.1) is 5.56 Å². The van der Waals surface area contributed by atoms with E-state index in [1.54, 1.807) is 0 Å². The van der Waals surface area contributed by atoms with E-state index in [0.29, 0.717) is 5.92 Å². The molecule has 0 spiro atoms. The number of halogens is 1. The molecule has 0 saturated heterocycles. The normalized spacial score (nSPS) is 11.0. The lowest BCUT2D eigenvalue weighted by Crippen LogP contribution is -2.39. The molecule has 94 valence electrons. The van der Waals surface area contributed by atoms with Gasteiger partial charge in [-0.15, -0.1) is 0 Å². The molecule has 0 atom stereocenters. The third kappa shape index (κ3) is 3.98. The third-order valence-corrected chi connectivity index (χ3v) is 3.49. The summed E-state index contributed by atoms with van der Waals surface area (Å²) in [4.78, 5) is 14.4. The zero-order valence-corrected chi connectivity index (χ0v) is 13.1. The fraction of sp³-hybridized carbons (Fsp3) is 0.500. The molecule has 0 unspecified atom stereocenters. The number of carbonyl (C=O) groups is 1. The number of amides is 1. The van der Waals surface area contributed by atoms with Crippen LogP contribution in [-0.4, -0.2) is 23.4 Å². The van der Waals surface area contributed by atoms with Gasteiger partial charge in [0.1, 0.15) is 0 Å². The quantitative estimate of drug-likeness (QED) is 0.761. The number of benzene rings is 1. The summed E-state index contributed by atoms with van der Waals surface area (Å²) in [7, 11) is 0. The van der Waals surface area contributed by atoms with Crippen LogP contribution in [0.1, 0.15) is 38.1 Å². The second kappa shape index (κ2) is 6.38. The smallest absolute Gasteiger partial charge is 0.255 e. The zero-order valence-electron chi connectivity index (χ0n) is 10.9. The number of carbonyl (C=O) groups excluding carboxylic acids is 1. The van der Waals surface area contributed by atoms with Crippen LogP contribution in [0, 0.1) is 9.49 Å². The summed E-state index contributed by atoms with van der Waals surface area (Å²) in [6.07, 6.45) is 0. The first-order chi connectivity index (χ1) is 7.93. The van der Waals surface area contributed by atoms with E-state index in [9.17, 15) is 4.79 Å². The molecule has 1 aromatic carbocycles. The maximum absolute atomic E-state index is 12.5. The molecule has 0 saturated carbocycles.